The second-order valence-corrected chi connectivity index (χ2v) is 4.72. The van der Waals surface area contributed by atoms with E-state index in [9.17, 15) is 4.79 Å². The fraction of sp³-hybridized carbons (Fsp3) is 0.143. The molecule has 0 unspecified atom stereocenters. The Kier molecular flexibility index (Phi) is 3.67. The highest BCUT2D eigenvalue weighted by atomic mass is 32.2. The van der Waals surface area contributed by atoms with Crippen LogP contribution in [0.25, 0.3) is 11.3 Å². The average molecular weight is 259 g/mol. The van der Waals surface area contributed by atoms with E-state index in [0.717, 1.165) is 11.3 Å². The number of hydrogen-bond donors (Lipinski definition) is 1. The molecule has 4 heteroatoms. The van der Waals surface area contributed by atoms with Crippen LogP contribution in [-0.4, -0.2) is 22.3 Å². The predicted molar refractivity (Wildman–Crippen MR) is 73.2 cm³/mol. The molecule has 0 radical (unpaired) electrons. The second-order valence-electron chi connectivity index (χ2n) is 3.92. The number of carboxylic acids is 1. The van der Waals surface area contributed by atoms with Crippen LogP contribution in [0.1, 0.15) is 15.9 Å². The van der Waals surface area contributed by atoms with E-state index in [0.29, 0.717) is 5.03 Å². The normalized spacial score (nSPS) is 10.3. The maximum absolute atomic E-state index is 11.0. The Morgan fingerprint density at radius 2 is 1.83 bits per heavy atom. The smallest absolute Gasteiger partial charge is 0.338 e. The number of carboxylic acid groups (broad SMARTS) is 1. The van der Waals surface area contributed by atoms with Crippen LogP contribution in [0.5, 0.6) is 0 Å². The highest BCUT2D eigenvalue weighted by molar-refractivity contribution is 7.98. The topological polar surface area (TPSA) is 50.2 Å². The molecule has 0 aliphatic heterocycles. The van der Waals surface area contributed by atoms with E-state index in [1.165, 1.54) is 17.3 Å². The molecule has 3 nitrogen and oxygen atoms in total. The summed E-state index contributed by atoms with van der Waals surface area (Å²) in [6.45, 7) is 2.03. The van der Waals surface area contributed by atoms with E-state index in [4.69, 9.17) is 5.11 Å². The van der Waals surface area contributed by atoms with Crippen molar-refractivity contribution in [1.29, 1.82) is 0 Å². The van der Waals surface area contributed by atoms with Gasteiger partial charge in [0.2, 0.25) is 0 Å². The van der Waals surface area contributed by atoms with Crippen LogP contribution < -0.4 is 0 Å². The van der Waals surface area contributed by atoms with Gasteiger partial charge in [-0.2, -0.15) is 0 Å². The molecule has 0 amide bonds. The average Bonchev–Trinajstić information content (AvgIpc) is 2.38. The summed E-state index contributed by atoms with van der Waals surface area (Å²) in [7, 11) is 0. The number of aryl methyl sites for hydroxylation is 1. The minimum absolute atomic E-state index is 0.248. The van der Waals surface area contributed by atoms with Crippen LogP contribution in [0.3, 0.4) is 0 Å². The summed E-state index contributed by atoms with van der Waals surface area (Å²) in [4.78, 5) is 15.4. The van der Waals surface area contributed by atoms with Crippen LogP contribution in [0.2, 0.25) is 0 Å². The van der Waals surface area contributed by atoms with E-state index >= 15 is 0 Å². The molecular weight excluding hydrogens is 246 g/mol. The standard InChI is InChI=1S/C14H13NO2S/c1-9-3-5-10(6-4-9)12-8-7-11(14(16)17)13(15-12)18-2/h3-8H,1-2H3,(H,16,17). The lowest BCUT2D eigenvalue weighted by Gasteiger charge is -2.06. The Hall–Kier alpha value is -1.81. The van der Waals surface area contributed by atoms with Crippen molar-refractivity contribution < 1.29 is 9.90 Å². The van der Waals surface area contributed by atoms with Gasteiger partial charge in [-0.25, -0.2) is 9.78 Å². The number of nitrogens with zero attached hydrogens (tertiary/aromatic N) is 1. The molecule has 2 rings (SSSR count). The Bertz CT molecular complexity index is 579. The van der Waals surface area contributed by atoms with Gasteiger partial charge in [-0.15, -0.1) is 11.8 Å². The van der Waals surface area contributed by atoms with Gasteiger partial charge in [0.05, 0.1) is 11.3 Å². The third kappa shape index (κ3) is 2.54. The number of pyridine rings is 1. The molecule has 1 aromatic heterocycles. The molecule has 0 atom stereocenters. The number of benzene rings is 1. The Labute approximate surface area is 110 Å². The maximum Gasteiger partial charge on any atom is 0.338 e. The SMILES string of the molecule is CSc1nc(-c2ccc(C)cc2)ccc1C(=O)O. The van der Waals surface area contributed by atoms with E-state index in [-0.39, 0.29) is 5.56 Å². The van der Waals surface area contributed by atoms with Crippen molar-refractivity contribution in [1.82, 2.24) is 4.98 Å². The zero-order chi connectivity index (χ0) is 13.1. The molecule has 1 aromatic carbocycles. The van der Waals surface area contributed by atoms with Crippen molar-refractivity contribution in [3.05, 3.63) is 47.5 Å². The van der Waals surface area contributed by atoms with E-state index in [2.05, 4.69) is 4.98 Å². The molecule has 0 spiro atoms. The van der Waals surface area contributed by atoms with Crippen molar-refractivity contribution in [2.24, 2.45) is 0 Å². The summed E-state index contributed by atoms with van der Waals surface area (Å²) in [5.41, 5.74) is 3.22. The zero-order valence-electron chi connectivity index (χ0n) is 10.2. The van der Waals surface area contributed by atoms with Gasteiger partial charge in [0.25, 0.3) is 0 Å². The number of aromatic nitrogens is 1. The molecule has 0 saturated heterocycles. The molecule has 0 fully saturated rings. The highest BCUT2D eigenvalue weighted by Crippen LogP contribution is 2.24. The molecular formula is C14H13NO2S. The van der Waals surface area contributed by atoms with Crippen LogP contribution in [0.4, 0.5) is 0 Å². The van der Waals surface area contributed by atoms with Gasteiger partial charge in [-0.1, -0.05) is 29.8 Å². The van der Waals surface area contributed by atoms with Crippen molar-refractivity contribution in [3.8, 4) is 11.3 Å². The van der Waals surface area contributed by atoms with Gasteiger partial charge in [-0.05, 0) is 25.3 Å². The van der Waals surface area contributed by atoms with Crippen LogP contribution in [0, 0.1) is 6.92 Å². The number of hydrogen-bond acceptors (Lipinski definition) is 3. The highest BCUT2D eigenvalue weighted by Gasteiger charge is 2.12. The Morgan fingerprint density at radius 3 is 2.39 bits per heavy atom. The summed E-state index contributed by atoms with van der Waals surface area (Å²) in [5, 5.41) is 9.58. The van der Waals surface area contributed by atoms with Gasteiger partial charge < -0.3 is 5.11 Å². The van der Waals surface area contributed by atoms with Gasteiger partial charge in [0.15, 0.2) is 0 Å². The van der Waals surface area contributed by atoms with Crippen LogP contribution in [0.15, 0.2) is 41.4 Å². The fourth-order valence-electron chi connectivity index (χ4n) is 1.64. The predicted octanol–water partition coefficient (Wildman–Crippen LogP) is 3.48. The minimum atomic E-state index is -0.942. The summed E-state index contributed by atoms with van der Waals surface area (Å²) >= 11 is 1.34. The van der Waals surface area contributed by atoms with Gasteiger partial charge in [0.1, 0.15) is 5.03 Å². The molecule has 0 aliphatic rings. The monoisotopic (exact) mass is 259 g/mol. The number of rotatable bonds is 3. The van der Waals surface area contributed by atoms with Gasteiger partial charge >= 0.3 is 5.97 Å². The molecule has 18 heavy (non-hydrogen) atoms. The summed E-state index contributed by atoms with van der Waals surface area (Å²) in [6.07, 6.45) is 1.83. The summed E-state index contributed by atoms with van der Waals surface area (Å²) in [5.74, 6) is -0.942. The molecule has 0 aliphatic carbocycles. The van der Waals surface area contributed by atoms with Crippen LogP contribution >= 0.6 is 11.8 Å². The van der Waals surface area contributed by atoms with E-state index in [1.54, 1.807) is 12.1 Å². The molecule has 0 bridgehead atoms. The van der Waals surface area contributed by atoms with E-state index in [1.807, 2.05) is 37.4 Å². The fourth-order valence-corrected chi connectivity index (χ4v) is 2.21. The quantitative estimate of drug-likeness (QED) is 0.857. The Morgan fingerprint density at radius 1 is 1.17 bits per heavy atom. The third-order valence-corrected chi connectivity index (χ3v) is 3.33. The van der Waals surface area contributed by atoms with Crippen LogP contribution in [-0.2, 0) is 0 Å². The molecule has 2 aromatic rings. The molecule has 1 heterocycles. The second kappa shape index (κ2) is 5.23. The summed E-state index contributed by atoms with van der Waals surface area (Å²) in [6, 6.07) is 11.4. The zero-order valence-corrected chi connectivity index (χ0v) is 11.0. The first-order valence-electron chi connectivity index (χ1n) is 5.47. The molecule has 0 saturated carbocycles. The molecule has 92 valence electrons. The van der Waals surface area contributed by atoms with Gasteiger partial charge in [-0.3, -0.25) is 0 Å². The lowest BCUT2D eigenvalue weighted by molar-refractivity contribution is 0.0692. The van der Waals surface area contributed by atoms with Crippen molar-refractivity contribution in [3.63, 3.8) is 0 Å². The minimum Gasteiger partial charge on any atom is -0.478 e. The van der Waals surface area contributed by atoms with E-state index < -0.39 is 5.97 Å². The van der Waals surface area contributed by atoms with Crippen molar-refractivity contribution in [2.75, 3.05) is 6.26 Å². The maximum atomic E-state index is 11.0. The first-order valence-corrected chi connectivity index (χ1v) is 6.69. The third-order valence-electron chi connectivity index (χ3n) is 2.63. The lowest BCUT2D eigenvalue weighted by atomic mass is 10.1. The largest absolute Gasteiger partial charge is 0.478 e. The number of aromatic carboxylic acids is 1. The Balaban J connectivity index is 2.47. The van der Waals surface area contributed by atoms with Crippen molar-refractivity contribution >= 4 is 17.7 Å². The molecule has 1 N–H and O–H groups in total. The first-order chi connectivity index (χ1) is 8.61. The lowest BCUT2D eigenvalue weighted by Crippen LogP contribution is -2.01. The number of carbonyl (C=O) groups is 1. The first kappa shape index (κ1) is 12.6. The number of thioether (sulfide) groups is 1. The van der Waals surface area contributed by atoms with Crippen molar-refractivity contribution in [2.45, 2.75) is 11.9 Å². The summed E-state index contributed by atoms with van der Waals surface area (Å²) < 4.78 is 0. The van der Waals surface area contributed by atoms with Gasteiger partial charge in [0, 0.05) is 5.56 Å².